The zero-order valence-corrected chi connectivity index (χ0v) is 10.9. The Balaban J connectivity index is 9.01. The van der Waals surface area contributed by atoms with Crippen molar-refractivity contribution in [3.05, 3.63) is 0 Å². The van der Waals surface area contributed by atoms with Crippen molar-refractivity contribution >= 4 is 5.97 Å². The molecular weight excluding hydrogens is 272 g/mol. The van der Waals surface area contributed by atoms with E-state index in [1.807, 2.05) is 0 Å². The van der Waals surface area contributed by atoms with Crippen molar-refractivity contribution in [2.75, 3.05) is 0 Å². The molecule has 0 aliphatic carbocycles. The van der Waals surface area contributed by atoms with Crippen LogP contribution in [-0.2, 0) is 4.79 Å². The summed E-state index contributed by atoms with van der Waals surface area (Å²) in [6, 6.07) is 0. The Morgan fingerprint density at radius 1 is 0.864 bits per heavy atom. The average Bonchev–Trinajstić information content (AvgIpc) is 2.98. The smallest absolute Gasteiger partial charge is 0.303 e. The molecule has 0 aromatic carbocycles. The first kappa shape index (κ1) is 2.54. The maximum atomic E-state index is 11.8. The van der Waals surface area contributed by atoms with Crippen LogP contribution in [0, 0.1) is 23.6 Å². The summed E-state index contributed by atoms with van der Waals surface area (Å²) in [4.78, 5) is 11.8. The molecule has 0 aliphatic rings. The van der Waals surface area contributed by atoms with E-state index in [2.05, 4.69) is 0 Å². The molecule has 0 aliphatic heterocycles. The number of hydrogen-bond donors (Lipinski definition) is 1. The van der Waals surface area contributed by atoms with Gasteiger partial charge in [-0.3, -0.25) is 4.79 Å². The highest BCUT2D eigenvalue weighted by Crippen LogP contribution is 2.22. The van der Waals surface area contributed by atoms with Crippen LogP contribution in [0.25, 0.3) is 0 Å². The summed E-state index contributed by atoms with van der Waals surface area (Å²) in [7, 11) is 0. The molecule has 0 saturated heterocycles. The van der Waals surface area contributed by atoms with Crippen LogP contribution in [-0.4, -0.2) is 11.1 Å². The van der Waals surface area contributed by atoms with Crippen molar-refractivity contribution in [3.63, 3.8) is 0 Å². The Kier molecular flexibility index (Phi) is 1.50. The molecule has 0 bridgehead atoms. The predicted octanol–water partition coefficient (Wildman–Crippen LogP) is 6.54. The average molecular weight is 352 g/mol. The fourth-order valence-corrected chi connectivity index (χ4v) is 0.669. The number of carboxylic acids is 1. The fraction of sp³-hybridized carbons (Fsp3) is 0.950. The van der Waals surface area contributed by atoms with E-state index >= 15 is 0 Å². The van der Waals surface area contributed by atoms with Gasteiger partial charge in [-0.05, 0) is 23.6 Å². The summed E-state index contributed by atoms with van der Waals surface area (Å²) in [5.74, 6) is -24.5. The Morgan fingerprint density at radius 2 is 1.32 bits per heavy atom. The maximum absolute atomic E-state index is 11.8. The van der Waals surface area contributed by atoms with E-state index in [0.29, 0.717) is 0 Å². The van der Waals surface area contributed by atoms with Crippen molar-refractivity contribution in [3.8, 4) is 0 Å². The molecule has 0 radical (unpaired) electrons. The van der Waals surface area contributed by atoms with Gasteiger partial charge in [0, 0.05) is 59.8 Å². The van der Waals surface area contributed by atoms with Gasteiger partial charge in [0.25, 0.3) is 0 Å². The Labute approximate surface area is 193 Å². The van der Waals surface area contributed by atoms with Crippen LogP contribution in [0.4, 0.5) is 0 Å². The molecular formula is C20H40O2. The second-order valence-electron chi connectivity index (χ2n) is 3.06. The SMILES string of the molecule is [2H]C([2H])([2H])C([2H])(C([2H])([2H])[2H])C([2H])([2H])C([2H])([2H])C([2H])([2H])C([2H])(C([2H])([2H])[2H])C([2H])([2H])C([2H])([2H])C([2H])([2H])C([2H])(C([2H])([2H])[2H])C([2H])([2H])C([2H])([2H])C([2H])([2H])C([2H])(C([2H])([2H])[2H])C([2H])([2H])C(=O)O. The van der Waals surface area contributed by atoms with Crippen LogP contribution in [0.1, 0.15) is 151 Å². The minimum Gasteiger partial charge on any atom is -0.481 e. The van der Waals surface area contributed by atoms with Gasteiger partial charge in [-0.1, -0.05) is 91.6 Å². The highest BCUT2D eigenvalue weighted by molar-refractivity contribution is 5.66. The molecule has 22 heavy (non-hydrogen) atoms. The van der Waals surface area contributed by atoms with Crippen LogP contribution in [0.5, 0.6) is 0 Å². The first-order valence-electron chi connectivity index (χ1n) is 24.7. The summed E-state index contributed by atoms with van der Waals surface area (Å²) in [6.45, 7) is -24.2. The topological polar surface area (TPSA) is 37.3 Å². The quantitative estimate of drug-likeness (QED) is 0.386. The zero-order chi connectivity index (χ0) is 51.1. The lowest BCUT2D eigenvalue weighted by molar-refractivity contribution is -0.138. The number of aliphatic carboxylic acids is 1. The zero-order valence-electron chi connectivity index (χ0n) is 49.9. The van der Waals surface area contributed by atoms with E-state index in [1.165, 1.54) is 0 Å². The fourth-order valence-electron chi connectivity index (χ4n) is 0.669. The van der Waals surface area contributed by atoms with E-state index in [4.69, 9.17) is 53.5 Å². The minimum atomic E-state index is -5.74. The van der Waals surface area contributed by atoms with Crippen molar-refractivity contribution in [1.82, 2.24) is 0 Å². The second kappa shape index (κ2) is 13.0. The second-order valence-corrected chi connectivity index (χ2v) is 3.06. The van der Waals surface area contributed by atoms with E-state index in [1.54, 1.807) is 0 Å². The third-order valence-electron chi connectivity index (χ3n) is 1.36. The summed E-state index contributed by atoms with van der Waals surface area (Å²) in [5, 5.41) is 9.41. The van der Waals surface area contributed by atoms with Crippen LogP contribution >= 0.6 is 0 Å². The van der Waals surface area contributed by atoms with Crippen molar-refractivity contribution < 1.29 is 63.4 Å². The Morgan fingerprint density at radius 3 is 1.73 bits per heavy atom. The molecule has 0 amide bonds. The molecule has 0 saturated carbocycles. The number of rotatable bonds is 14. The lowest BCUT2D eigenvalue weighted by Gasteiger charge is -2.15. The van der Waals surface area contributed by atoms with Crippen LogP contribution in [0.15, 0.2) is 0 Å². The first-order chi connectivity index (χ1) is 25.4. The number of carbonyl (C=O) groups is 1. The van der Waals surface area contributed by atoms with Gasteiger partial charge in [0.05, 0.1) is 0 Å². The predicted molar refractivity (Wildman–Crippen MR) is 96.1 cm³/mol. The summed E-state index contributed by atoms with van der Waals surface area (Å²) in [6.07, 6.45) is -54.8. The normalized spacial score (nSPS) is 56.1. The summed E-state index contributed by atoms with van der Waals surface area (Å²) >= 11 is 0. The molecule has 0 rings (SSSR count). The molecule has 0 fully saturated rings. The van der Waals surface area contributed by atoms with E-state index in [-0.39, 0.29) is 0 Å². The van der Waals surface area contributed by atoms with Gasteiger partial charge in [0.1, 0.15) is 0 Å². The van der Waals surface area contributed by atoms with Gasteiger partial charge in [0.15, 0.2) is 0 Å². The Hall–Kier alpha value is -0.530. The third-order valence-corrected chi connectivity index (χ3v) is 1.36. The minimum absolute atomic E-state index is 3.05. The van der Waals surface area contributed by atoms with Gasteiger partial charge in [-0.2, -0.15) is 0 Å². The van der Waals surface area contributed by atoms with Gasteiger partial charge in [-0.25, -0.2) is 0 Å². The first-order valence-corrected chi connectivity index (χ1v) is 5.18. The Bertz CT molecular complexity index is 1620. The van der Waals surface area contributed by atoms with Gasteiger partial charge in [0.2, 0.25) is 0 Å². The summed E-state index contributed by atoms with van der Waals surface area (Å²) < 4.78 is 316. The maximum Gasteiger partial charge on any atom is 0.303 e. The van der Waals surface area contributed by atoms with Crippen molar-refractivity contribution in [1.29, 1.82) is 0 Å². The van der Waals surface area contributed by atoms with Gasteiger partial charge in [-0.15, -0.1) is 0 Å². The molecule has 0 heterocycles. The van der Waals surface area contributed by atoms with Crippen molar-refractivity contribution in [2.24, 2.45) is 23.6 Å². The number of hydrogen-bond acceptors (Lipinski definition) is 1. The monoisotopic (exact) mass is 352 g/mol. The van der Waals surface area contributed by atoms with Gasteiger partial charge >= 0.3 is 5.97 Å². The van der Waals surface area contributed by atoms with E-state index < -0.39 is 128 Å². The van der Waals surface area contributed by atoms with E-state index in [0.717, 1.165) is 0 Å². The summed E-state index contributed by atoms with van der Waals surface area (Å²) in [5.41, 5.74) is 0. The van der Waals surface area contributed by atoms with Crippen LogP contribution < -0.4 is 0 Å². The molecule has 132 valence electrons. The number of carboxylic acid groups (broad SMARTS) is 1. The molecule has 2 heteroatoms. The highest BCUT2D eigenvalue weighted by Gasteiger charge is 2.09. The lowest BCUT2D eigenvalue weighted by atomic mass is 9.91. The standard InChI is InChI=1S/C20H40O2/c1-16(2)9-6-10-17(3)11-7-12-18(4)13-8-14-19(5)15-20(21)22/h16-19H,6-15H2,1-5H3,(H,21,22)/i1D3,2D3,3D3,4D3,5D3,6D2,7D2,8D2,9D2,10D2,11D2,12D2,13D2,14D2,15D2,16D,17D,18D,19D. The van der Waals surface area contributed by atoms with Crippen LogP contribution in [0.3, 0.4) is 0 Å². The lowest BCUT2D eigenvalue weighted by Crippen LogP contribution is -2.05. The molecule has 3 atom stereocenters. The third kappa shape index (κ3) is 14.4. The molecule has 0 aromatic rings. The molecule has 2 nitrogen and oxygen atoms in total. The van der Waals surface area contributed by atoms with Crippen LogP contribution in [0.2, 0.25) is 0 Å². The molecule has 0 aromatic heterocycles. The van der Waals surface area contributed by atoms with E-state index in [9.17, 15) is 9.90 Å². The largest absolute Gasteiger partial charge is 0.481 e. The molecule has 0 spiro atoms. The molecule has 1 N–H and O–H groups in total. The van der Waals surface area contributed by atoms with Gasteiger partial charge < -0.3 is 5.11 Å². The van der Waals surface area contributed by atoms with Crippen molar-refractivity contribution in [2.45, 2.75) is 98.0 Å². The molecule has 3 unspecified atom stereocenters. The highest BCUT2D eigenvalue weighted by atomic mass is 16.4.